The van der Waals surface area contributed by atoms with E-state index in [0.717, 1.165) is 19.4 Å². The van der Waals surface area contributed by atoms with Crippen LogP contribution in [0.15, 0.2) is 0 Å². The van der Waals surface area contributed by atoms with E-state index in [4.69, 9.17) is 10.5 Å². The van der Waals surface area contributed by atoms with Gasteiger partial charge in [-0.05, 0) is 12.8 Å². The Bertz CT molecular complexity index is 154. The fourth-order valence-corrected chi connectivity index (χ4v) is 1.38. The molecule has 1 heterocycles. The standard InChI is InChI=1S/C8H15NO3/c1-11-8(10)7(9)6-3-2-4-12-5-6/h6-7H,2-5,9H2,1H3. The lowest BCUT2D eigenvalue weighted by Crippen LogP contribution is -2.42. The van der Waals surface area contributed by atoms with Gasteiger partial charge in [0, 0.05) is 12.5 Å². The van der Waals surface area contributed by atoms with Crippen LogP contribution >= 0.6 is 0 Å². The molecule has 0 radical (unpaired) electrons. The minimum atomic E-state index is -0.518. The number of hydrogen-bond acceptors (Lipinski definition) is 4. The summed E-state index contributed by atoms with van der Waals surface area (Å²) in [6.07, 6.45) is 1.94. The number of rotatable bonds is 2. The molecule has 2 unspecified atom stereocenters. The quantitative estimate of drug-likeness (QED) is 0.593. The van der Waals surface area contributed by atoms with Gasteiger partial charge in [0.2, 0.25) is 0 Å². The Morgan fingerprint density at radius 3 is 3.00 bits per heavy atom. The molecule has 0 amide bonds. The highest BCUT2D eigenvalue weighted by Gasteiger charge is 2.27. The minimum Gasteiger partial charge on any atom is -0.468 e. The van der Waals surface area contributed by atoms with E-state index in [0.29, 0.717) is 6.61 Å². The highest BCUT2D eigenvalue weighted by atomic mass is 16.5. The SMILES string of the molecule is COC(=O)C(N)C1CCCOC1. The molecule has 0 spiro atoms. The molecule has 4 heteroatoms. The molecular weight excluding hydrogens is 158 g/mol. The van der Waals surface area contributed by atoms with Crippen molar-refractivity contribution < 1.29 is 14.3 Å². The van der Waals surface area contributed by atoms with Gasteiger partial charge in [0.15, 0.2) is 0 Å². The summed E-state index contributed by atoms with van der Waals surface area (Å²) in [7, 11) is 1.35. The Labute approximate surface area is 72.0 Å². The topological polar surface area (TPSA) is 61.5 Å². The first kappa shape index (κ1) is 9.48. The molecule has 1 saturated heterocycles. The van der Waals surface area contributed by atoms with Gasteiger partial charge >= 0.3 is 5.97 Å². The zero-order valence-corrected chi connectivity index (χ0v) is 7.29. The van der Waals surface area contributed by atoms with Gasteiger partial charge in [-0.15, -0.1) is 0 Å². The molecule has 0 aromatic rings. The number of ether oxygens (including phenoxy) is 2. The summed E-state index contributed by atoms with van der Waals surface area (Å²) in [5.41, 5.74) is 5.65. The molecule has 12 heavy (non-hydrogen) atoms. The monoisotopic (exact) mass is 173 g/mol. The van der Waals surface area contributed by atoms with Crippen molar-refractivity contribution in [1.29, 1.82) is 0 Å². The highest BCUT2D eigenvalue weighted by Crippen LogP contribution is 2.16. The molecule has 2 N–H and O–H groups in total. The second-order valence-corrected chi connectivity index (χ2v) is 3.03. The van der Waals surface area contributed by atoms with E-state index in [9.17, 15) is 4.79 Å². The number of nitrogens with two attached hydrogens (primary N) is 1. The Balaban J connectivity index is 2.39. The van der Waals surface area contributed by atoms with Gasteiger partial charge in [-0.2, -0.15) is 0 Å². The maximum absolute atomic E-state index is 11.0. The van der Waals surface area contributed by atoms with E-state index in [1.807, 2.05) is 0 Å². The maximum Gasteiger partial charge on any atom is 0.323 e. The Morgan fingerprint density at radius 2 is 2.50 bits per heavy atom. The first-order valence-corrected chi connectivity index (χ1v) is 4.17. The average molecular weight is 173 g/mol. The smallest absolute Gasteiger partial charge is 0.323 e. The third kappa shape index (κ3) is 2.19. The normalized spacial score (nSPS) is 26.3. The molecule has 1 aliphatic rings. The minimum absolute atomic E-state index is 0.131. The van der Waals surface area contributed by atoms with Gasteiger partial charge in [0.1, 0.15) is 6.04 Å². The van der Waals surface area contributed by atoms with Crippen LogP contribution in [-0.2, 0) is 14.3 Å². The van der Waals surface area contributed by atoms with E-state index in [1.165, 1.54) is 7.11 Å². The van der Waals surface area contributed by atoms with Crippen LogP contribution in [0.3, 0.4) is 0 Å². The molecule has 0 saturated carbocycles. The second-order valence-electron chi connectivity index (χ2n) is 3.03. The van der Waals surface area contributed by atoms with Crippen LogP contribution in [0.5, 0.6) is 0 Å². The average Bonchev–Trinajstić information content (AvgIpc) is 2.17. The van der Waals surface area contributed by atoms with Crippen LogP contribution in [0, 0.1) is 5.92 Å². The number of methoxy groups -OCH3 is 1. The van der Waals surface area contributed by atoms with E-state index in [1.54, 1.807) is 0 Å². The van der Waals surface area contributed by atoms with Gasteiger partial charge in [-0.1, -0.05) is 0 Å². The summed E-state index contributed by atoms with van der Waals surface area (Å²) in [5.74, 6) is -0.211. The third-order valence-electron chi connectivity index (χ3n) is 2.18. The Hall–Kier alpha value is -0.610. The van der Waals surface area contributed by atoms with Crippen LogP contribution in [0.1, 0.15) is 12.8 Å². The van der Waals surface area contributed by atoms with Crippen molar-refractivity contribution in [1.82, 2.24) is 0 Å². The van der Waals surface area contributed by atoms with E-state index >= 15 is 0 Å². The van der Waals surface area contributed by atoms with Crippen molar-refractivity contribution in [2.45, 2.75) is 18.9 Å². The van der Waals surface area contributed by atoms with Crippen molar-refractivity contribution in [2.75, 3.05) is 20.3 Å². The van der Waals surface area contributed by atoms with Crippen molar-refractivity contribution >= 4 is 5.97 Å². The zero-order valence-electron chi connectivity index (χ0n) is 7.29. The number of hydrogen-bond donors (Lipinski definition) is 1. The summed E-state index contributed by atoms with van der Waals surface area (Å²) >= 11 is 0. The molecule has 1 fully saturated rings. The van der Waals surface area contributed by atoms with Crippen LogP contribution in [-0.4, -0.2) is 32.3 Å². The Kier molecular flexibility index (Phi) is 3.49. The number of carbonyl (C=O) groups is 1. The summed E-state index contributed by atoms with van der Waals surface area (Å²) in [5, 5.41) is 0. The molecular formula is C8H15NO3. The van der Waals surface area contributed by atoms with Crippen LogP contribution in [0.25, 0.3) is 0 Å². The number of esters is 1. The molecule has 70 valence electrons. The Morgan fingerprint density at radius 1 is 1.75 bits per heavy atom. The summed E-state index contributed by atoms with van der Waals surface area (Å²) in [4.78, 5) is 11.0. The van der Waals surface area contributed by atoms with Crippen molar-refractivity contribution in [3.63, 3.8) is 0 Å². The predicted octanol–water partition coefficient (Wildman–Crippen LogP) is -0.0867. The van der Waals surface area contributed by atoms with Crippen LogP contribution < -0.4 is 5.73 Å². The van der Waals surface area contributed by atoms with E-state index < -0.39 is 6.04 Å². The lowest BCUT2D eigenvalue weighted by molar-refractivity contribution is -0.144. The lowest BCUT2D eigenvalue weighted by Gasteiger charge is -2.25. The lowest BCUT2D eigenvalue weighted by atomic mass is 9.94. The molecule has 1 rings (SSSR count). The third-order valence-corrected chi connectivity index (χ3v) is 2.18. The first-order valence-electron chi connectivity index (χ1n) is 4.17. The summed E-state index contributed by atoms with van der Waals surface area (Å²) in [6, 6.07) is -0.518. The second kappa shape index (κ2) is 4.42. The highest BCUT2D eigenvalue weighted by molar-refractivity contribution is 5.75. The molecule has 1 aliphatic heterocycles. The summed E-state index contributed by atoms with van der Waals surface area (Å²) < 4.78 is 9.76. The fourth-order valence-electron chi connectivity index (χ4n) is 1.38. The van der Waals surface area contributed by atoms with E-state index in [-0.39, 0.29) is 11.9 Å². The van der Waals surface area contributed by atoms with Crippen molar-refractivity contribution in [3.8, 4) is 0 Å². The van der Waals surface area contributed by atoms with Crippen molar-refractivity contribution in [3.05, 3.63) is 0 Å². The van der Waals surface area contributed by atoms with Crippen LogP contribution in [0.2, 0.25) is 0 Å². The van der Waals surface area contributed by atoms with Gasteiger partial charge in [0.05, 0.1) is 13.7 Å². The molecule has 0 aromatic carbocycles. The summed E-state index contributed by atoms with van der Waals surface area (Å²) in [6.45, 7) is 1.36. The van der Waals surface area contributed by atoms with Crippen LogP contribution in [0.4, 0.5) is 0 Å². The molecule has 0 aromatic heterocycles. The van der Waals surface area contributed by atoms with Gasteiger partial charge in [0.25, 0.3) is 0 Å². The first-order chi connectivity index (χ1) is 5.75. The molecule has 0 aliphatic carbocycles. The fraction of sp³-hybridized carbons (Fsp3) is 0.875. The molecule has 0 bridgehead atoms. The van der Waals surface area contributed by atoms with Gasteiger partial charge in [-0.25, -0.2) is 0 Å². The van der Waals surface area contributed by atoms with Gasteiger partial charge in [-0.3, -0.25) is 4.79 Å². The van der Waals surface area contributed by atoms with Gasteiger partial charge < -0.3 is 15.2 Å². The molecule has 2 atom stereocenters. The largest absolute Gasteiger partial charge is 0.468 e. The van der Waals surface area contributed by atoms with Crippen molar-refractivity contribution in [2.24, 2.45) is 11.7 Å². The zero-order chi connectivity index (χ0) is 8.97. The van der Waals surface area contributed by atoms with E-state index in [2.05, 4.69) is 4.74 Å². The predicted molar refractivity (Wildman–Crippen MR) is 43.5 cm³/mol. The maximum atomic E-state index is 11.0. The molecule has 4 nitrogen and oxygen atoms in total. The number of carbonyl (C=O) groups excluding carboxylic acids is 1.